The van der Waals surface area contributed by atoms with Crippen LogP contribution >= 0.6 is 0 Å². The molecule has 1 heterocycles. The van der Waals surface area contributed by atoms with Crippen molar-refractivity contribution in [1.82, 2.24) is 0 Å². The van der Waals surface area contributed by atoms with E-state index in [0.717, 1.165) is 38.2 Å². The van der Waals surface area contributed by atoms with E-state index in [0.29, 0.717) is 5.56 Å². The molecule has 3 aromatic carbocycles. The number of carbonyl (C=O) groups is 1. The molecule has 1 saturated heterocycles. The summed E-state index contributed by atoms with van der Waals surface area (Å²) in [7, 11) is 0. The summed E-state index contributed by atoms with van der Waals surface area (Å²) >= 11 is 0. The number of hydrogen-bond donors (Lipinski definition) is 1. The van der Waals surface area contributed by atoms with Crippen molar-refractivity contribution in [2.75, 3.05) is 18.0 Å². The molecule has 1 aliphatic heterocycles. The average molecular weight is 389 g/mol. The Morgan fingerprint density at radius 2 is 1.55 bits per heavy atom. The average Bonchev–Trinajstić information content (AvgIpc) is 2.76. The van der Waals surface area contributed by atoms with Crippen molar-refractivity contribution < 1.29 is 14.1 Å². The molecule has 148 valence electrons. The van der Waals surface area contributed by atoms with E-state index in [4.69, 9.17) is 0 Å². The standard InChI is InChI=1S/C25H25FN2O/c26-22-11-7-10-21(18-22)25(29)28(23-12-5-2-6-13-23)24-14-16-27(17-15-24)19-20-8-3-1-4-9-20/h1-13,18,24H,14-17,19H2/p+1. The van der Waals surface area contributed by atoms with Gasteiger partial charge in [-0.25, -0.2) is 4.39 Å². The molecule has 0 aromatic heterocycles. The molecule has 0 unspecified atom stereocenters. The van der Waals surface area contributed by atoms with Crippen LogP contribution < -0.4 is 9.80 Å². The van der Waals surface area contributed by atoms with Gasteiger partial charge in [0.1, 0.15) is 12.4 Å². The van der Waals surface area contributed by atoms with Gasteiger partial charge in [0, 0.05) is 35.7 Å². The number of rotatable bonds is 5. The summed E-state index contributed by atoms with van der Waals surface area (Å²) < 4.78 is 13.7. The highest BCUT2D eigenvalue weighted by Gasteiger charge is 2.31. The van der Waals surface area contributed by atoms with Crippen molar-refractivity contribution in [2.45, 2.75) is 25.4 Å². The summed E-state index contributed by atoms with van der Waals surface area (Å²) in [6, 6.07) is 26.4. The van der Waals surface area contributed by atoms with Gasteiger partial charge in [0.15, 0.2) is 0 Å². The molecule has 0 aliphatic carbocycles. The second-order valence-corrected chi connectivity index (χ2v) is 7.66. The number of halogens is 1. The summed E-state index contributed by atoms with van der Waals surface area (Å²) in [5.74, 6) is -0.516. The Hall–Kier alpha value is -2.98. The van der Waals surface area contributed by atoms with E-state index in [-0.39, 0.29) is 17.8 Å². The smallest absolute Gasteiger partial charge is 0.258 e. The van der Waals surface area contributed by atoms with Gasteiger partial charge in [0.25, 0.3) is 5.91 Å². The lowest BCUT2D eigenvalue weighted by molar-refractivity contribution is -0.918. The zero-order chi connectivity index (χ0) is 20.1. The minimum Gasteiger partial charge on any atom is -0.331 e. The molecule has 3 aromatic rings. The zero-order valence-electron chi connectivity index (χ0n) is 16.4. The molecular formula is C25H26FN2O+. The van der Waals surface area contributed by atoms with Crippen molar-refractivity contribution in [3.8, 4) is 0 Å². The Labute approximate surface area is 171 Å². The highest BCUT2D eigenvalue weighted by molar-refractivity contribution is 6.06. The lowest BCUT2D eigenvalue weighted by Gasteiger charge is -2.37. The molecular weight excluding hydrogens is 363 g/mol. The third kappa shape index (κ3) is 4.72. The molecule has 0 saturated carbocycles. The first-order valence-electron chi connectivity index (χ1n) is 10.2. The van der Waals surface area contributed by atoms with Crippen molar-refractivity contribution in [2.24, 2.45) is 0 Å². The van der Waals surface area contributed by atoms with Gasteiger partial charge in [-0.05, 0) is 30.3 Å². The maximum atomic E-state index is 13.7. The fraction of sp³-hybridized carbons (Fsp3) is 0.240. The van der Waals surface area contributed by atoms with Gasteiger partial charge in [0.2, 0.25) is 0 Å². The summed E-state index contributed by atoms with van der Waals surface area (Å²) in [6.07, 6.45) is 1.86. The molecule has 29 heavy (non-hydrogen) atoms. The first-order chi connectivity index (χ1) is 14.2. The quantitative estimate of drug-likeness (QED) is 0.707. The molecule has 0 bridgehead atoms. The van der Waals surface area contributed by atoms with Gasteiger partial charge >= 0.3 is 0 Å². The van der Waals surface area contributed by atoms with Gasteiger partial charge in [-0.3, -0.25) is 4.79 Å². The number of para-hydroxylation sites is 1. The van der Waals surface area contributed by atoms with Crippen molar-refractivity contribution in [3.63, 3.8) is 0 Å². The normalized spacial score (nSPS) is 18.9. The van der Waals surface area contributed by atoms with Gasteiger partial charge in [-0.1, -0.05) is 54.6 Å². The number of carbonyl (C=O) groups excluding carboxylic acids is 1. The van der Waals surface area contributed by atoms with E-state index < -0.39 is 0 Å². The van der Waals surface area contributed by atoms with Crippen LogP contribution in [0.5, 0.6) is 0 Å². The van der Waals surface area contributed by atoms with Gasteiger partial charge in [-0.2, -0.15) is 0 Å². The first-order valence-corrected chi connectivity index (χ1v) is 10.2. The van der Waals surface area contributed by atoms with Crippen molar-refractivity contribution in [1.29, 1.82) is 0 Å². The van der Waals surface area contributed by atoms with Crippen LogP contribution in [0.15, 0.2) is 84.9 Å². The van der Waals surface area contributed by atoms with Crippen LogP contribution in [0, 0.1) is 5.82 Å². The highest BCUT2D eigenvalue weighted by Crippen LogP contribution is 2.24. The van der Waals surface area contributed by atoms with Crippen molar-refractivity contribution in [3.05, 3.63) is 102 Å². The molecule has 0 radical (unpaired) electrons. The topological polar surface area (TPSA) is 24.8 Å². The van der Waals surface area contributed by atoms with Crippen LogP contribution in [0.4, 0.5) is 10.1 Å². The maximum absolute atomic E-state index is 13.7. The second-order valence-electron chi connectivity index (χ2n) is 7.66. The number of nitrogens with zero attached hydrogens (tertiary/aromatic N) is 1. The van der Waals surface area contributed by atoms with E-state index in [2.05, 4.69) is 24.3 Å². The van der Waals surface area contributed by atoms with Gasteiger partial charge < -0.3 is 9.80 Å². The molecule has 0 atom stereocenters. The number of anilines is 1. The van der Waals surface area contributed by atoms with E-state index in [9.17, 15) is 9.18 Å². The number of amides is 1. The van der Waals surface area contributed by atoms with Crippen LogP contribution in [-0.4, -0.2) is 25.0 Å². The summed E-state index contributed by atoms with van der Waals surface area (Å²) in [5, 5.41) is 0. The molecule has 1 fully saturated rings. The Morgan fingerprint density at radius 3 is 2.21 bits per heavy atom. The van der Waals surface area contributed by atoms with Crippen LogP contribution in [0.1, 0.15) is 28.8 Å². The van der Waals surface area contributed by atoms with Crippen LogP contribution in [0.2, 0.25) is 0 Å². The van der Waals surface area contributed by atoms with E-state index in [1.165, 1.54) is 17.7 Å². The van der Waals surface area contributed by atoms with E-state index in [1.807, 2.05) is 41.3 Å². The largest absolute Gasteiger partial charge is 0.331 e. The highest BCUT2D eigenvalue weighted by atomic mass is 19.1. The van der Waals surface area contributed by atoms with Crippen LogP contribution in [0.25, 0.3) is 0 Å². The fourth-order valence-corrected chi connectivity index (χ4v) is 4.17. The Morgan fingerprint density at radius 1 is 0.897 bits per heavy atom. The molecule has 4 rings (SSSR count). The predicted molar refractivity (Wildman–Crippen MR) is 114 cm³/mol. The summed E-state index contributed by atoms with van der Waals surface area (Å²) in [6.45, 7) is 3.04. The summed E-state index contributed by atoms with van der Waals surface area (Å²) in [5.41, 5.74) is 2.61. The van der Waals surface area contributed by atoms with Gasteiger partial charge in [-0.15, -0.1) is 0 Å². The summed E-state index contributed by atoms with van der Waals surface area (Å²) in [4.78, 5) is 16.7. The molecule has 1 N–H and O–H groups in total. The lowest BCUT2D eigenvalue weighted by atomic mass is 10.00. The van der Waals surface area contributed by atoms with Gasteiger partial charge in [0.05, 0.1) is 13.1 Å². The third-order valence-electron chi connectivity index (χ3n) is 5.65. The zero-order valence-corrected chi connectivity index (χ0v) is 16.4. The van der Waals surface area contributed by atoms with E-state index >= 15 is 0 Å². The van der Waals surface area contributed by atoms with Crippen LogP contribution in [0.3, 0.4) is 0 Å². The van der Waals surface area contributed by atoms with Crippen LogP contribution in [-0.2, 0) is 6.54 Å². The molecule has 3 nitrogen and oxygen atoms in total. The Kier molecular flexibility index (Phi) is 6.01. The molecule has 0 spiro atoms. The number of quaternary nitrogens is 1. The first kappa shape index (κ1) is 19.3. The SMILES string of the molecule is O=C(c1cccc(F)c1)N(c1ccccc1)C1CC[NH+](Cc2ccccc2)CC1. The molecule has 1 amide bonds. The minimum atomic E-state index is -0.383. The Bertz CT molecular complexity index is 937. The lowest BCUT2D eigenvalue weighted by Crippen LogP contribution is -3.12. The number of piperidine rings is 1. The van der Waals surface area contributed by atoms with E-state index in [1.54, 1.807) is 17.0 Å². The number of nitrogens with one attached hydrogen (secondary N) is 1. The third-order valence-corrected chi connectivity index (χ3v) is 5.65. The maximum Gasteiger partial charge on any atom is 0.258 e. The predicted octanol–water partition coefficient (Wildman–Crippen LogP) is 3.72. The minimum absolute atomic E-state index is 0.118. The second kappa shape index (κ2) is 9.01. The number of likely N-dealkylation sites (tertiary alicyclic amines) is 1. The van der Waals surface area contributed by atoms with Crippen molar-refractivity contribution >= 4 is 11.6 Å². The fourth-order valence-electron chi connectivity index (χ4n) is 4.17. The molecule has 4 heteroatoms. The monoisotopic (exact) mass is 389 g/mol. The number of benzene rings is 3. The molecule has 1 aliphatic rings. The Balaban J connectivity index is 1.51. The number of hydrogen-bond acceptors (Lipinski definition) is 1.